The molecular weight excluding hydrogens is 348 g/mol. The maximum absolute atomic E-state index is 12.4. The second kappa shape index (κ2) is 9.94. The minimum atomic E-state index is -0.847. The second-order valence-electron chi connectivity index (χ2n) is 6.70. The number of carboxylic acid groups (broad SMARTS) is 1. The highest BCUT2D eigenvalue weighted by Gasteiger charge is 2.34. The molecule has 1 aliphatic heterocycles. The van der Waals surface area contributed by atoms with Crippen LogP contribution in [0.1, 0.15) is 49.9 Å². The van der Waals surface area contributed by atoms with Gasteiger partial charge in [0.05, 0.1) is 18.1 Å². The average molecular weight is 376 g/mol. The molecule has 0 aliphatic carbocycles. The Morgan fingerprint density at radius 1 is 1.30 bits per heavy atom. The number of carbonyl (C=O) groups is 3. The van der Waals surface area contributed by atoms with Crippen LogP contribution < -0.4 is 10.1 Å². The zero-order valence-corrected chi connectivity index (χ0v) is 15.9. The van der Waals surface area contributed by atoms with Crippen molar-refractivity contribution < 1.29 is 24.2 Å². The van der Waals surface area contributed by atoms with Gasteiger partial charge in [-0.15, -0.1) is 0 Å². The highest BCUT2D eigenvalue weighted by molar-refractivity contribution is 5.96. The van der Waals surface area contributed by atoms with Gasteiger partial charge in [-0.25, -0.2) is 0 Å². The summed E-state index contributed by atoms with van der Waals surface area (Å²) < 4.78 is 5.45. The normalized spacial score (nSPS) is 19.4. The standard InChI is InChI=1S/C20H28N2O5/c1-3-27-17-10-5-4-8-16(17)19(24)21-12-6-11-18(23)22-13-7-9-15(14(22)2)20(25)26/h4-5,8,10,14-15H,3,6-7,9,11-13H2,1-2H3,(H,21,24)(H,25,26)/t14-,15-/m0/s1. The van der Waals surface area contributed by atoms with Gasteiger partial charge in [-0.3, -0.25) is 14.4 Å². The summed E-state index contributed by atoms with van der Waals surface area (Å²) in [5.41, 5.74) is 0.472. The molecular formula is C20H28N2O5. The summed E-state index contributed by atoms with van der Waals surface area (Å²) in [6.45, 7) is 5.09. The molecule has 0 spiro atoms. The minimum Gasteiger partial charge on any atom is -0.493 e. The number of amides is 2. The lowest BCUT2D eigenvalue weighted by atomic mass is 9.90. The van der Waals surface area contributed by atoms with Crippen molar-refractivity contribution in [2.45, 2.75) is 45.6 Å². The van der Waals surface area contributed by atoms with Crippen molar-refractivity contribution in [1.29, 1.82) is 0 Å². The van der Waals surface area contributed by atoms with E-state index in [0.29, 0.717) is 50.3 Å². The maximum atomic E-state index is 12.4. The van der Waals surface area contributed by atoms with Crippen LogP contribution in [0.4, 0.5) is 0 Å². The van der Waals surface area contributed by atoms with Crippen molar-refractivity contribution in [2.24, 2.45) is 5.92 Å². The van der Waals surface area contributed by atoms with Crippen LogP contribution in [0.5, 0.6) is 5.75 Å². The molecule has 2 amide bonds. The molecule has 1 fully saturated rings. The van der Waals surface area contributed by atoms with Gasteiger partial charge in [0.15, 0.2) is 0 Å². The molecule has 0 unspecified atom stereocenters. The van der Waals surface area contributed by atoms with Crippen molar-refractivity contribution >= 4 is 17.8 Å². The number of benzene rings is 1. The highest BCUT2D eigenvalue weighted by atomic mass is 16.5. The molecule has 27 heavy (non-hydrogen) atoms. The summed E-state index contributed by atoms with van der Waals surface area (Å²) in [5, 5.41) is 12.1. The molecule has 2 N–H and O–H groups in total. The number of rotatable bonds is 8. The van der Waals surface area contributed by atoms with E-state index in [1.165, 1.54) is 0 Å². The third kappa shape index (κ3) is 5.45. The third-order valence-electron chi connectivity index (χ3n) is 4.91. The van der Waals surface area contributed by atoms with Gasteiger partial charge >= 0.3 is 5.97 Å². The Kier molecular flexibility index (Phi) is 7.64. The smallest absolute Gasteiger partial charge is 0.308 e. The number of para-hydroxylation sites is 1. The molecule has 7 heteroatoms. The van der Waals surface area contributed by atoms with E-state index in [2.05, 4.69) is 5.32 Å². The predicted molar refractivity (Wildman–Crippen MR) is 101 cm³/mol. The molecule has 0 bridgehead atoms. The predicted octanol–water partition coefficient (Wildman–Crippen LogP) is 2.31. The molecule has 2 atom stereocenters. The van der Waals surface area contributed by atoms with Crippen LogP contribution in [0.15, 0.2) is 24.3 Å². The summed E-state index contributed by atoms with van der Waals surface area (Å²) in [6, 6.07) is 6.74. The summed E-state index contributed by atoms with van der Waals surface area (Å²) in [6.07, 6.45) is 2.10. The highest BCUT2D eigenvalue weighted by Crippen LogP contribution is 2.24. The molecule has 1 saturated heterocycles. The van der Waals surface area contributed by atoms with Crippen LogP contribution in [-0.4, -0.2) is 53.5 Å². The van der Waals surface area contributed by atoms with Crippen LogP contribution in [-0.2, 0) is 9.59 Å². The van der Waals surface area contributed by atoms with Crippen molar-refractivity contribution in [3.05, 3.63) is 29.8 Å². The minimum absolute atomic E-state index is 0.0579. The molecule has 1 aliphatic rings. The second-order valence-corrected chi connectivity index (χ2v) is 6.70. The Labute approximate surface area is 159 Å². The fourth-order valence-corrected chi connectivity index (χ4v) is 3.44. The van der Waals surface area contributed by atoms with Gasteiger partial charge in [-0.05, 0) is 45.2 Å². The zero-order valence-electron chi connectivity index (χ0n) is 15.9. The van der Waals surface area contributed by atoms with E-state index in [1.807, 2.05) is 13.0 Å². The van der Waals surface area contributed by atoms with Gasteiger partial charge < -0.3 is 20.1 Å². The Morgan fingerprint density at radius 3 is 2.74 bits per heavy atom. The Morgan fingerprint density at radius 2 is 2.04 bits per heavy atom. The zero-order chi connectivity index (χ0) is 19.8. The number of nitrogens with one attached hydrogen (secondary N) is 1. The van der Waals surface area contributed by atoms with E-state index < -0.39 is 11.9 Å². The van der Waals surface area contributed by atoms with Crippen LogP contribution in [0.3, 0.4) is 0 Å². The molecule has 1 aromatic rings. The van der Waals surface area contributed by atoms with Crippen LogP contribution in [0, 0.1) is 5.92 Å². The number of carboxylic acids is 1. The average Bonchev–Trinajstić information content (AvgIpc) is 2.65. The van der Waals surface area contributed by atoms with Gasteiger partial charge in [0.2, 0.25) is 5.91 Å². The summed E-state index contributed by atoms with van der Waals surface area (Å²) in [7, 11) is 0. The van der Waals surface area contributed by atoms with E-state index in [4.69, 9.17) is 4.74 Å². The van der Waals surface area contributed by atoms with Gasteiger partial charge in [-0.2, -0.15) is 0 Å². The lowest BCUT2D eigenvalue weighted by Gasteiger charge is -2.37. The number of likely N-dealkylation sites (tertiary alicyclic amines) is 1. The van der Waals surface area contributed by atoms with Crippen LogP contribution >= 0.6 is 0 Å². The lowest BCUT2D eigenvalue weighted by molar-refractivity contribution is -0.149. The largest absolute Gasteiger partial charge is 0.493 e. The van der Waals surface area contributed by atoms with Gasteiger partial charge in [0, 0.05) is 25.6 Å². The molecule has 2 rings (SSSR count). The first-order chi connectivity index (χ1) is 13.0. The fourth-order valence-electron chi connectivity index (χ4n) is 3.44. The molecule has 0 radical (unpaired) electrons. The van der Waals surface area contributed by atoms with Gasteiger partial charge in [0.1, 0.15) is 5.75 Å². The van der Waals surface area contributed by atoms with E-state index in [-0.39, 0.29) is 24.3 Å². The van der Waals surface area contributed by atoms with Crippen molar-refractivity contribution in [3.8, 4) is 5.75 Å². The number of hydrogen-bond acceptors (Lipinski definition) is 4. The first-order valence-corrected chi connectivity index (χ1v) is 9.48. The first-order valence-electron chi connectivity index (χ1n) is 9.48. The number of nitrogens with zero attached hydrogens (tertiary/aromatic N) is 1. The van der Waals surface area contributed by atoms with E-state index >= 15 is 0 Å². The summed E-state index contributed by atoms with van der Waals surface area (Å²) >= 11 is 0. The SMILES string of the molecule is CCOc1ccccc1C(=O)NCCCC(=O)N1CCC[C@H](C(=O)O)[C@@H]1C. The topological polar surface area (TPSA) is 95.9 Å². The molecule has 0 aromatic heterocycles. The quantitative estimate of drug-likeness (QED) is 0.679. The van der Waals surface area contributed by atoms with E-state index in [9.17, 15) is 19.5 Å². The van der Waals surface area contributed by atoms with E-state index in [1.54, 1.807) is 30.0 Å². The fraction of sp³-hybridized carbons (Fsp3) is 0.550. The van der Waals surface area contributed by atoms with Crippen molar-refractivity contribution in [1.82, 2.24) is 10.2 Å². The Bertz CT molecular complexity index is 676. The Hall–Kier alpha value is -2.57. The molecule has 1 aromatic carbocycles. The monoisotopic (exact) mass is 376 g/mol. The Balaban J connectivity index is 1.80. The number of piperidine rings is 1. The first kappa shape index (κ1) is 20.7. The summed E-state index contributed by atoms with van der Waals surface area (Å²) in [5.74, 6) is -1.10. The van der Waals surface area contributed by atoms with Crippen molar-refractivity contribution in [3.63, 3.8) is 0 Å². The number of aliphatic carboxylic acids is 1. The lowest BCUT2D eigenvalue weighted by Crippen LogP contribution is -2.49. The third-order valence-corrected chi connectivity index (χ3v) is 4.91. The number of carbonyl (C=O) groups excluding carboxylic acids is 2. The maximum Gasteiger partial charge on any atom is 0.308 e. The number of hydrogen-bond donors (Lipinski definition) is 2. The molecule has 7 nitrogen and oxygen atoms in total. The van der Waals surface area contributed by atoms with Gasteiger partial charge in [-0.1, -0.05) is 12.1 Å². The molecule has 0 saturated carbocycles. The summed E-state index contributed by atoms with van der Waals surface area (Å²) in [4.78, 5) is 37.7. The van der Waals surface area contributed by atoms with Gasteiger partial charge in [0.25, 0.3) is 5.91 Å². The molecule has 1 heterocycles. The van der Waals surface area contributed by atoms with Crippen molar-refractivity contribution in [2.75, 3.05) is 19.7 Å². The van der Waals surface area contributed by atoms with Crippen LogP contribution in [0.2, 0.25) is 0 Å². The molecule has 148 valence electrons. The number of ether oxygens (including phenoxy) is 1. The van der Waals surface area contributed by atoms with E-state index in [0.717, 1.165) is 0 Å². The van der Waals surface area contributed by atoms with Crippen LogP contribution in [0.25, 0.3) is 0 Å².